The van der Waals surface area contributed by atoms with Crippen molar-refractivity contribution in [2.75, 3.05) is 26.2 Å². The Labute approximate surface area is 162 Å². The summed E-state index contributed by atoms with van der Waals surface area (Å²) in [5.74, 6) is 0.353. The number of phenolic OH excluding ortho intramolecular Hbond substituents is 1. The van der Waals surface area contributed by atoms with Gasteiger partial charge in [-0.2, -0.15) is 0 Å². The van der Waals surface area contributed by atoms with E-state index in [1.54, 1.807) is 0 Å². The van der Waals surface area contributed by atoms with Gasteiger partial charge < -0.3 is 10.4 Å². The van der Waals surface area contributed by atoms with E-state index < -0.39 is 0 Å². The van der Waals surface area contributed by atoms with Crippen molar-refractivity contribution < 1.29 is 5.11 Å². The highest BCUT2D eigenvalue weighted by Crippen LogP contribution is 2.45. The molecule has 0 unspecified atom stereocenters. The van der Waals surface area contributed by atoms with Gasteiger partial charge in [0.25, 0.3) is 0 Å². The SMILES string of the molecule is CC(C)(C)[C@@H](c1cc(Br)cc(Br)c1O)N1CCNCC1.Cl.Cl. The highest BCUT2D eigenvalue weighted by Gasteiger charge is 2.34. The number of phenols is 1. The molecule has 2 N–H and O–H groups in total. The van der Waals surface area contributed by atoms with Crippen molar-refractivity contribution >= 4 is 56.7 Å². The zero-order valence-corrected chi connectivity index (χ0v) is 17.8. The summed E-state index contributed by atoms with van der Waals surface area (Å²) in [7, 11) is 0. The molecule has 0 aromatic heterocycles. The van der Waals surface area contributed by atoms with Gasteiger partial charge in [-0.3, -0.25) is 4.90 Å². The molecule has 1 aromatic rings. The van der Waals surface area contributed by atoms with E-state index in [4.69, 9.17) is 0 Å². The number of hydrogen-bond donors (Lipinski definition) is 2. The summed E-state index contributed by atoms with van der Waals surface area (Å²) in [4.78, 5) is 2.46. The maximum atomic E-state index is 10.5. The molecular formula is C15H24Br2Cl2N2O. The van der Waals surface area contributed by atoms with Gasteiger partial charge in [0.2, 0.25) is 0 Å². The molecule has 0 bridgehead atoms. The fourth-order valence-corrected chi connectivity index (χ4v) is 4.20. The van der Waals surface area contributed by atoms with Crippen LogP contribution in [0.3, 0.4) is 0 Å². The van der Waals surface area contributed by atoms with E-state index in [-0.39, 0.29) is 36.3 Å². The zero-order chi connectivity index (χ0) is 14.9. The second-order valence-corrected chi connectivity index (χ2v) is 8.15. The largest absolute Gasteiger partial charge is 0.506 e. The molecule has 0 amide bonds. The number of halogens is 4. The van der Waals surface area contributed by atoms with Gasteiger partial charge in [0, 0.05) is 42.3 Å². The van der Waals surface area contributed by atoms with Crippen molar-refractivity contribution in [1.29, 1.82) is 0 Å². The Morgan fingerprint density at radius 3 is 2.18 bits per heavy atom. The lowest BCUT2D eigenvalue weighted by atomic mass is 9.80. The lowest BCUT2D eigenvalue weighted by Crippen LogP contribution is -2.48. The van der Waals surface area contributed by atoms with Gasteiger partial charge in [0.1, 0.15) is 5.75 Å². The van der Waals surface area contributed by atoms with Crippen molar-refractivity contribution in [1.82, 2.24) is 10.2 Å². The van der Waals surface area contributed by atoms with E-state index in [0.29, 0.717) is 5.75 Å². The molecule has 1 saturated heterocycles. The van der Waals surface area contributed by atoms with Crippen molar-refractivity contribution in [2.24, 2.45) is 5.41 Å². The first-order valence-electron chi connectivity index (χ1n) is 6.93. The standard InChI is InChI=1S/C15H22Br2N2O.2ClH/c1-15(2,3)14(19-6-4-18-5-7-19)11-8-10(16)9-12(17)13(11)20;;/h8-9,14,18,20H,4-7H2,1-3H3;2*1H/t14-;;/m1../s1. The maximum Gasteiger partial charge on any atom is 0.134 e. The van der Waals surface area contributed by atoms with Gasteiger partial charge in [0.05, 0.1) is 4.47 Å². The van der Waals surface area contributed by atoms with E-state index >= 15 is 0 Å². The Balaban J connectivity index is 0.00000220. The fourth-order valence-electron chi connectivity index (χ4n) is 2.95. The second kappa shape index (κ2) is 9.09. The van der Waals surface area contributed by atoms with Crippen LogP contribution < -0.4 is 5.32 Å². The molecule has 3 nitrogen and oxygen atoms in total. The minimum atomic E-state index is 0. The summed E-state index contributed by atoms with van der Waals surface area (Å²) in [5.41, 5.74) is 1.04. The smallest absolute Gasteiger partial charge is 0.134 e. The summed E-state index contributed by atoms with van der Waals surface area (Å²) in [6, 6.07) is 4.12. The minimum Gasteiger partial charge on any atom is -0.506 e. The predicted octanol–water partition coefficient (Wildman–Crippen LogP) is 4.75. The molecule has 1 aliphatic heterocycles. The molecule has 1 fully saturated rings. The first-order valence-corrected chi connectivity index (χ1v) is 8.52. The summed E-state index contributed by atoms with van der Waals surface area (Å²) < 4.78 is 1.73. The minimum absolute atomic E-state index is 0. The van der Waals surface area contributed by atoms with Crippen molar-refractivity contribution in [3.05, 3.63) is 26.6 Å². The third-order valence-corrected chi connectivity index (χ3v) is 4.75. The lowest BCUT2D eigenvalue weighted by molar-refractivity contribution is 0.0841. The van der Waals surface area contributed by atoms with E-state index in [1.165, 1.54) is 0 Å². The van der Waals surface area contributed by atoms with Crippen LogP contribution in [0.4, 0.5) is 0 Å². The maximum absolute atomic E-state index is 10.5. The van der Waals surface area contributed by atoms with Gasteiger partial charge in [0.15, 0.2) is 0 Å². The molecule has 22 heavy (non-hydrogen) atoms. The number of rotatable bonds is 2. The van der Waals surface area contributed by atoms with Gasteiger partial charge in [-0.05, 0) is 33.5 Å². The van der Waals surface area contributed by atoms with E-state index in [0.717, 1.165) is 40.7 Å². The number of nitrogens with one attached hydrogen (secondary N) is 1. The Bertz CT molecular complexity index is 489. The van der Waals surface area contributed by atoms with Crippen LogP contribution in [-0.4, -0.2) is 36.2 Å². The molecule has 1 aliphatic rings. The third-order valence-electron chi connectivity index (χ3n) is 3.69. The normalized spacial score (nSPS) is 17.3. The monoisotopic (exact) mass is 476 g/mol. The molecule has 0 aliphatic carbocycles. The first kappa shape index (κ1) is 22.5. The van der Waals surface area contributed by atoms with Crippen molar-refractivity contribution in [3.8, 4) is 5.75 Å². The predicted molar refractivity (Wildman–Crippen MR) is 105 cm³/mol. The van der Waals surface area contributed by atoms with Crippen LogP contribution in [0, 0.1) is 5.41 Å². The number of hydrogen-bond acceptors (Lipinski definition) is 3. The number of piperazine rings is 1. The van der Waals surface area contributed by atoms with Crippen molar-refractivity contribution in [3.63, 3.8) is 0 Å². The third kappa shape index (κ3) is 5.25. The summed E-state index contributed by atoms with van der Waals surface area (Å²) >= 11 is 6.98. The van der Waals surface area contributed by atoms with Crippen LogP contribution in [0.2, 0.25) is 0 Å². The van der Waals surface area contributed by atoms with Crippen LogP contribution in [0.1, 0.15) is 32.4 Å². The Morgan fingerprint density at radius 1 is 1.14 bits per heavy atom. The molecule has 1 heterocycles. The highest BCUT2D eigenvalue weighted by atomic mass is 79.9. The van der Waals surface area contributed by atoms with Gasteiger partial charge in [-0.15, -0.1) is 24.8 Å². The van der Waals surface area contributed by atoms with E-state index in [2.05, 4.69) is 62.8 Å². The average Bonchev–Trinajstić information content (AvgIpc) is 2.35. The number of nitrogens with zero attached hydrogens (tertiary/aromatic N) is 1. The van der Waals surface area contributed by atoms with Gasteiger partial charge in [-0.1, -0.05) is 36.7 Å². The average molecular weight is 479 g/mol. The Morgan fingerprint density at radius 2 is 1.68 bits per heavy atom. The zero-order valence-electron chi connectivity index (χ0n) is 13.0. The fraction of sp³-hybridized carbons (Fsp3) is 0.600. The number of benzene rings is 1. The number of aromatic hydroxyl groups is 1. The molecule has 0 spiro atoms. The summed E-state index contributed by atoms with van der Waals surface area (Å²) in [6.45, 7) is 10.7. The van der Waals surface area contributed by atoms with Crippen LogP contribution >= 0.6 is 56.7 Å². The molecule has 1 aromatic carbocycles. The molecule has 0 radical (unpaired) electrons. The van der Waals surface area contributed by atoms with Crippen LogP contribution in [0.25, 0.3) is 0 Å². The first-order chi connectivity index (χ1) is 9.30. The van der Waals surface area contributed by atoms with E-state index in [1.807, 2.05) is 12.1 Å². The Kier molecular flexibility index (Phi) is 9.29. The molecule has 7 heteroatoms. The lowest BCUT2D eigenvalue weighted by Gasteiger charge is -2.43. The van der Waals surface area contributed by atoms with Gasteiger partial charge in [-0.25, -0.2) is 0 Å². The van der Waals surface area contributed by atoms with Crippen LogP contribution in [0.15, 0.2) is 21.1 Å². The van der Waals surface area contributed by atoms with Crippen LogP contribution in [-0.2, 0) is 0 Å². The van der Waals surface area contributed by atoms with Crippen LogP contribution in [0.5, 0.6) is 5.75 Å². The molecule has 0 saturated carbocycles. The van der Waals surface area contributed by atoms with E-state index in [9.17, 15) is 5.11 Å². The molecular weight excluding hydrogens is 455 g/mol. The quantitative estimate of drug-likeness (QED) is 0.643. The molecule has 128 valence electrons. The highest BCUT2D eigenvalue weighted by molar-refractivity contribution is 9.11. The Hall–Kier alpha value is 0.480. The topological polar surface area (TPSA) is 35.5 Å². The van der Waals surface area contributed by atoms with Gasteiger partial charge >= 0.3 is 0 Å². The molecule has 2 rings (SSSR count). The van der Waals surface area contributed by atoms with Crippen molar-refractivity contribution in [2.45, 2.75) is 26.8 Å². The summed E-state index contributed by atoms with van der Waals surface area (Å²) in [5, 5.41) is 13.9. The second-order valence-electron chi connectivity index (χ2n) is 6.38. The molecule has 1 atom stereocenters. The summed E-state index contributed by atoms with van der Waals surface area (Å²) in [6.07, 6.45) is 0.